The molecule has 0 spiro atoms. The van der Waals surface area contributed by atoms with Crippen LogP contribution in [0.15, 0.2) is 132 Å². The van der Waals surface area contributed by atoms with Crippen molar-refractivity contribution in [3.63, 3.8) is 0 Å². The number of benzene rings is 5. The fourth-order valence-corrected chi connectivity index (χ4v) is 5.42. The fourth-order valence-electron chi connectivity index (χ4n) is 5.42. The van der Waals surface area contributed by atoms with Crippen LogP contribution in [-0.4, -0.2) is 15.0 Å². The predicted molar refractivity (Wildman–Crippen MR) is 158 cm³/mol. The number of nitrogens with zero attached hydrogens (tertiary/aromatic N) is 3. The molecular formula is C35H21N3O. The van der Waals surface area contributed by atoms with Gasteiger partial charge in [-0.1, -0.05) is 103 Å². The van der Waals surface area contributed by atoms with Crippen molar-refractivity contribution in [2.45, 2.75) is 0 Å². The molecule has 0 bridgehead atoms. The second kappa shape index (κ2) is 8.61. The van der Waals surface area contributed by atoms with Gasteiger partial charge >= 0.3 is 0 Å². The van der Waals surface area contributed by atoms with E-state index in [-0.39, 0.29) is 0 Å². The lowest BCUT2D eigenvalue weighted by molar-refractivity contribution is 0.672. The van der Waals surface area contributed by atoms with Gasteiger partial charge in [0.2, 0.25) is 0 Å². The van der Waals surface area contributed by atoms with Gasteiger partial charge in [0.25, 0.3) is 0 Å². The Morgan fingerprint density at radius 1 is 0.410 bits per heavy atom. The molecule has 0 aliphatic carbocycles. The smallest absolute Gasteiger partial charge is 0.160 e. The standard InChI is InChI=1S/C35H21N3O/c1-2-10-24(11-3-1)35-37-28-15-7-4-12-25(28)32(38-35)22-18-20-23(21-19-22)33-31-27-14-6-9-17-30(27)39-34(31)26-13-5-8-16-29(26)36-33/h1-21H. The van der Waals surface area contributed by atoms with Crippen LogP contribution in [0, 0.1) is 0 Å². The van der Waals surface area contributed by atoms with Crippen molar-refractivity contribution in [3.8, 4) is 33.9 Å². The highest BCUT2D eigenvalue weighted by Crippen LogP contribution is 2.40. The Morgan fingerprint density at radius 3 is 1.77 bits per heavy atom. The first kappa shape index (κ1) is 21.7. The van der Waals surface area contributed by atoms with Gasteiger partial charge in [0, 0.05) is 32.8 Å². The molecule has 8 rings (SSSR count). The molecule has 0 aliphatic rings. The number of furan rings is 1. The molecule has 0 amide bonds. The minimum Gasteiger partial charge on any atom is -0.455 e. The maximum Gasteiger partial charge on any atom is 0.160 e. The molecule has 4 heteroatoms. The van der Waals surface area contributed by atoms with Gasteiger partial charge in [0.15, 0.2) is 5.82 Å². The molecule has 0 N–H and O–H groups in total. The normalized spacial score (nSPS) is 11.6. The highest BCUT2D eigenvalue weighted by Gasteiger charge is 2.18. The molecule has 3 heterocycles. The summed E-state index contributed by atoms with van der Waals surface area (Å²) in [5.74, 6) is 0.719. The summed E-state index contributed by atoms with van der Waals surface area (Å²) in [7, 11) is 0. The Balaban J connectivity index is 1.33. The molecule has 0 unspecified atom stereocenters. The molecule has 182 valence electrons. The van der Waals surface area contributed by atoms with E-state index in [1.54, 1.807) is 0 Å². The van der Waals surface area contributed by atoms with Crippen molar-refractivity contribution >= 4 is 43.7 Å². The summed E-state index contributed by atoms with van der Waals surface area (Å²) >= 11 is 0. The summed E-state index contributed by atoms with van der Waals surface area (Å²) < 4.78 is 6.37. The summed E-state index contributed by atoms with van der Waals surface area (Å²) in [5.41, 5.74) is 8.46. The number of rotatable bonds is 3. The maximum atomic E-state index is 6.37. The lowest BCUT2D eigenvalue weighted by Crippen LogP contribution is -1.95. The van der Waals surface area contributed by atoms with Crippen LogP contribution in [0.25, 0.3) is 77.6 Å². The van der Waals surface area contributed by atoms with E-state index >= 15 is 0 Å². The summed E-state index contributed by atoms with van der Waals surface area (Å²) in [6, 6.07) is 43.1. The van der Waals surface area contributed by atoms with Crippen molar-refractivity contribution in [2.75, 3.05) is 0 Å². The highest BCUT2D eigenvalue weighted by molar-refractivity contribution is 6.19. The molecule has 3 aromatic heterocycles. The maximum absolute atomic E-state index is 6.37. The molecule has 39 heavy (non-hydrogen) atoms. The van der Waals surface area contributed by atoms with Crippen LogP contribution in [0.5, 0.6) is 0 Å². The second-order valence-corrected chi connectivity index (χ2v) is 9.64. The number of para-hydroxylation sites is 3. The van der Waals surface area contributed by atoms with Crippen LogP contribution in [0.3, 0.4) is 0 Å². The van der Waals surface area contributed by atoms with E-state index in [9.17, 15) is 0 Å². The first-order chi connectivity index (χ1) is 19.3. The average molecular weight is 500 g/mol. The molecule has 0 fully saturated rings. The first-order valence-electron chi connectivity index (χ1n) is 13.0. The van der Waals surface area contributed by atoms with Gasteiger partial charge in [0.05, 0.1) is 27.8 Å². The van der Waals surface area contributed by atoms with Crippen LogP contribution < -0.4 is 0 Å². The SMILES string of the molecule is c1ccc(-c2nc(-c3ccc(-c4nc5ccccc5c5oc6ccccc6c45)cc3)c3ccccc3n2)cc1. The van der Waals surface area contributed by atoms with Crippen molar-refractivity contribution in [2.24, 2.45) is 0 Å². The minimum absolute atomic E-state index is 0.719. The third-order valence-corrected chi connectivity index (χ3v) is 7.28. The Bertz CT molecular complexity index is 2160. The second-order valence-electron chi connectivity index (χ2n) is 9.64. The van der Waals surface area contributed by atoms with Crippen molar-refractivity contribution < 1.29 is 4.42 Å². The molecule has 0 saturated carbocycles. The highest BCUT2D eigenvalue weighted by atomic mass is 16.3. The summed E-state index contributed by atoms with van der Waals surface area (Å²) in [6.45, 7) is 0. The van der Waals surface area contributed by atoms with Gasteiger partial charge in [-0.2, -0.15) is 0 Å². The summed E-state index contributed by atoms with van der Waals surface area (Å²) in [5, 5.41) is 4.15. The molecule has 4 nitrogen and oxygen atoms in total. The lowest BCUT2D eigenvalue weighted by Gasteiger charge is -2.11. The lowest BCUT2D eigenvalue weighted by atomic mass is 9.99. The minimum atomic E-state index is 0.719. The topological polar surface area (TPSA) is 51.8 Å². The van der Waals surface area contributed by atoms with Crippen LogP contribution in [-0.2, 0) is 0 Å². The number of hydrogen-bond acceptors (Lipinski definition) is 4. The van der Waals surface area contributed by atoms with E-state index in [0.29, 0.717) is 0 Å². The van der Waals surface area contributed by atoms with Crippen LogP contribution in [0.1, 0.15) is 0 Å². The molecule has 0 radical (unpaired) electrons. The van der Waals surface area contributed by atoms with Crippen LogP contribution >= 0.6 is 0 Å². The van der Waals surface area contributed by atoms with Crippen LogP contribution in [0.2, 0.25) is 0 Å². The molecule has 0 atom stereocenters. The molecule has 0 aliphatic heterocycles. The zero-order chi connectivity index (χ0) is 25.8. The third-order valence-electron chi connectivity index (χ3n) is 7.28. The zero-order valence-electron chi connectivity index (χ0n) is 20.9. The predicted octanol–water partition coefficient (Wildman–Crippen LogP) is 9.08. The molecular weight excluding hydrogens is 478 g/mol. The van der Waals surface area contributed by atoms with Crippen molar-refractivity contribution in [1.29, 1.82) is 0 Å². The quantitative estimate of drug-likeness (QED) is 0.243. The number of hydrogen-bond donors (Lipinski definition) is 0. The Kier molecular flexibility index (Phi) is 4.79. The van der Waals surface area contributed by atoms with Gasteiger partial charge < -0.3 is 4.42 Å². The zero-order valence-corrected chi connectivity index (χ0v) is 20.9. The summed E-state index contributed by atoms with van der Waals surface area (Å²) in [4.78, 5) is 15.0. The Hall–Kier alpha value is -5.35. The fraction of sp³-hybridized carbons (Fsp3) is 0. The number of pyridine rings is 1. The largest absolute Gasteiger partial charge is 0.455 e. The van der Waals surface area contributed by atoms with E-state index < -0.39 is 0 Å². The third kappa shape index (κ3) is 3.50. The van der Waals surface area contributed by atoms with Gasteiger partial charge in [-0.3, -0.25) is 0 Å². The molecule has 5 aromatic carbocycles. The number of fused-ring (bicyclic) bond motifs is 6. The monoisotopic (exact) mass is 499 g/mol. The van der Waals surface area contributed by atoms with Gasteiger partial charge in [-0.15, -0.1) is 0 Å². The molecule has 0 saturated heterocycles. The van der Waals surface area contributed by atoms with E-state index in [4.69, 9.17) is 19.4 Å². The average Bonchev–Trinajstić information content (AvgIpc) is 3.41. The van der Waals surface area contributed by atoms with Crippen molar-refractivity contribution in [1.82, 2.24) is 15.0 Å². The van der Waals surface area contributed by atoms with Gasteiger partial charge in [-0.25, -0.2) is 15.0 Å². The number of aromatic nitrogens is 3. The van der Waals surface area contributed by atoms with Crippen LogP contribution in [0.4, 0.5) is 0 Å². The van der Waals surface area contributed by atoms with Crippen molar-refractivity contribution in [3.05, 3.63) is 127 Å². The van der Waals surface area contributed by atoms with E-state index in [1.165, 1.54) is 0 Å². The van der Waals surface area contributed by atoms with Gasteiger partial charge in [0.1, 0.15) is 11.2 Å². The molecule has 8 aromatic rings. The Morgan fingerprint density at radius 2 is 1.00 bits per heavy atom. The van der Waals surface area contributed by atoms with E-state index in [0.717, 1.165) is 77.6 Å². The first-order valence-corrected chi connectivity index (χ1v) is 13.0. The Labute approximate surface area is 224 Å². The van der Waals surface area contributed by atoms with Gasteiger partial charge in [-0.05, 0) is 24.3 Å². The van der Waals surface area contributed by atoms with E-state index in [1.807, 2.05) is 84.9 Å². The summed E-state index contributed by atoms with van der Waals surface area (Å²) in [6.07, 6.45) is 0. The van der Waals surface area contributed by atoms with E-state index in [2.05, 4.69) is 42.5 Å².